The topological polar surface area (TPSA) is 61.8 Å². The molecule has 5 nitrogen and oxygen atoms in total. The van der Waals surface area contributed by atoms with Crippen LogP contribution < -0.4 is 10.1 Å². The number of anilines is 1. The number of nitrogens with one attached hydrogen (secondary N) is 1. The summed E-state index contributed by atoms with van der Waals surface area (Å²) in [4.78, 5) is 13.8. The summed E-state index contributed by atoms with van der Waals surface area (Å²) >= 11 is 0. The number of piperidine rings is 1. The second kappa shape index (κ2) is 6.61. The third-order valence-electron chi connectivity index (χ3n) is 3.36. The summed E-state index contributed by atoms with van der Waals surface area (Å²) in [5.74, 6) is 0.679. The van der Waals surface area contributed by atoms with E-state index in [4.69, 9.17) is 4.74 Å². The van der Waals surface area contributed by atoms with E-state index in [2.05, 4.69) is 5.32 Å². The monoisotopic (exact) mass is 278 g/mol. The molecule has 2 amide bonds. The lowest BCUT2D eigenvalue weighted by Crippen LogP contribution is -2.44. The summed E-state index contributed by atoms with van der Waals surface area (Å²) in [5.41, 5.74) is 1.75. The first kappa shape index (κ1) is 14.7. The SMILES string of the molecule is CCOc1cc(C)ccc1NC(=O)N1CCCC(O)C1. The Morgan fingerprint density at radius 2 is 2.35 bits per heavy atom. The molecule has 1 aliphatic heterocycles. The maximum atomic E-state index is 12.2. The molecule has 1 atom stereocenters. The van der Waals surface area contributed by atoms with E-state index in [1.165, 1.54) is 0 Å². The van der Waals surface area contributed by atoms with Gasteiger partial charge < -0.3 is 20.1 Å². The molecule has 1 heterocycles. The number of aryl methyl sites for hydroxylation is 1. The number of amides is 2. The zero-order valence-electron chi connectivity index (χ0n) is 12.1. The van der Waals surface area contributed by atoms with Gasteiger partial charge in [0.1, 0.15) is 5.75 Å². The summed E-state index contributed by atoms with van der Waals surface area (Å²) in [7, 11) is 0. The van der Waals surface area contributed by atoms with Gasteiger partial charge in [-0.3, -0.25) is 0 Å². The van der Waals surface area contributed by atoms with Crippen LogP contribution in [0.1, 0.15) is 25.3 Å². The number of nitrogens with zero attached hydrogens (tertiary/aromatic N) is 1. The molecule has 1 aliphatic rings. The van der Waals surface area contributed by atoms with E-state index >= 15 is 0 Å². The molecule has 1 saturated heterocycles. The number of hydrogen-bond donors (Lipinski definition) is 2. The van der Waals surface area contributed by atoms with Crippen molar-refractivity contribution in [1.29, 1.82) is 0 Å². The standard InChI is InChI=1S/C15H22N2O3/c1-3-20-14-9-11(2)6-7-13(14)16-15(19)17-8-4-5-12(18)10-17/h6-7,9,12,18H,3-5,8,10H2,1-2H3,(H,16,19). The van der Waals surface area contributed by atoms with Gasteiger partial charge in [-0.25, -0.2) is 4.79 Å². The lowest BCUT2D eigenvalue weighted by atomic mass is 10.1. The van der Waals surface area contributed by atoms with Gasteiger partial charge in [0.2, 0.25) is 0 Å². The number of ether oxygens (including phenoxy) is 1. The van der Waals surface area contributed by atoms with Gasteiger partial charge in [0.25, 0.3) is 0 Å². The Labute approximate surface area is 119 Å². The van der Waals surface area contributed by atoms with E-state index in [0.29, 0.717) is 31.1 Å². The van der Waals surface area contributed by atoms with Crippen LogP contribution in [-0.4, -0.2) is 41.8 Å². The maximum Gasteiger partial charge on any atom is 0.322 e. The minimum Gasteiger partial charge on any atom is -0.492 e. The molecule has 1 fully saturated rings. The molecule has 2 N–H and O–H groups in total. The fraction of sp³-hybridized carbons (Fsp3) is 0.533. The number of hydrogen-bond acceptors (Lipinski definition) is 3. The molecule has 2 rings (SSSR count). The third-order valence-corrected chi connectivity index (χ3v) is 3.36. The van der Waals surface area contributed by atoms with E-state index in [9.17, 15) is 9.90 Å². The Kier molecular flexibility index (Phi) is 4.84. The molecular formula is C15H22N2O3. The van der Waals surface area contributed by atoms with Crippen LogP contribution in [0, 0.1) is 6.92 Å². The third kappa shape index (κ3) is 3.63. The number of aliphatic hydroxyl groups is 1. The van der Waals surface area contributed by atoms with Crippen LogP contribution in [0.15, 0.2) is 18.2 Å². The summed E-state index contributed by atoms with van der Waals surface area (Å²) in [6.07, 6.45) is 1.18. The molecule has 0 radical (unpaired) electrons. The Bertz CT molecular complexity index is 476. The van der Waals surface area contributed by atoms with E-state index in [1.807, 2.05) is 32.0 Å². The van der Waals surface area contributed by atoms with Crippen molar-refractivity contribution in [2.75, 3.05) is 25.0 Å². The predicted octanol–water partition coefficient (Wildman–Crippen LogP) is 2.38. The summed E-state index contributed by atoms with van der Waals surface area (Å²) in [6.45, 7) is 5.51. The number of aliphatic hydroxyl groups excluding tert-OH is 1. The average molecular weight is 278 g/mol. The van der Waals surface area contributed by atoms with Crippen LogP contribution >= 0.6 is 0 Å². The molecule has 1 aromatic rings. The van der Waals surface area contributed by atoms with Gasteiger partial charge in [-0.15, -0.1) is 0 Å². The normalized spacial score (nSPS) is 18.8. The number of benzene rings is 1. The Balaban J connectivity index is 2.06. The fourth-order valence-corrected chi connectivity index (χ4v) is 2.34. The van der Waals surface area contributed by atoms with Crippen molar-refractivity contribution in [2.45, 2.75) is 32.8 Å². The number of rotatable bonds is 3. The fourth-order valence-electron chi connectivity index (χ4n) is 2.34. The quantitative estimate of drug-likeness (QED) is 0.892. The smallest absolute Gasteiger partial charge is 0.322 e. The Hall–Kier alpha value is -1.75. The zero-order chi connectivity index (χ0) is 14.5. The van der Waals surface area contributed by atoms with Crippen LogP contribution in [0.25, 0.3) is 0 Å². The van der Waals surface area contributed by atoms with Crippen LogP contribution in [0.5, 0.6) is 5.75 Å². The summed E-state index contributed by atoms with van der Waals surface area (Å²) in [6, 6.07) is 5.50. The number of β-amino-alcohol motifs (C(OH)–C–C–N with tert-alkyl or cyclic N) is 1. The number of likely N-dealkylation sites (tertiary alicyclic amines) is 1. The first-order valence-corrected chi connectivity index (χ1v) is 7.07. The summed E-state index contributed by atoms with van der Waals surface area (Å²) in [5, 5.41) is 12.5. The molecule has 20 heavy (non-hydrogen) atoms. The molecule has 1 aromatic carbocycles. The van der Waals surface area contributed by atoms with E-state index in [1.54, 1.807) is 4.90 Å². The van der Waals surface area contributed by atoms with Crippen LogP contribution in [0.4, 0.5) is 10.5 Å². The number of carbonyl (C=O) groups excluding carboxylic acids is 1. The Morgan fingerprint density at radius 3 is 3.05 bits per heavy atom. The number of carbonyl (C=O) groups is 1. The highest BCUT2D eigenvalue weighted by Gasteiger charge is 2.22. The summed E-state index contributed by atoms with van der Waals surface area (Å²) < 4.78 is 5.54. The van der Waals surface area contributed by atoms with Gasteiger partial charge in [0.15, 0.2) is 0 Å². The second-order valence-electron chi connectivity index (χ2n) is 5.10. The van der Waals surface area contributed by atoms with Crippen molar-refractivity contribution in [2.24, 2.45) is 0 Å². The van der Waals surface area contributed by atoms with E-state index < -0.39 is 6.10 Å². The van der Waals surface area contributed by atoms with Crippen molar-refractivity contribution in [3.05, 3.63) is 23.8 Å². The van der Waals surface area contributed by atoms with Crippen molar-refractivity contribution in [3.8, 4) is 5.75 Å². The van der Waals surface area contributed by atoms with Crippen LogP contribution in [0.3, 0.4) is 0 Å². The lowest BCUT2D eigenvalue weighted by Gasteiger charge is -2.30. The van der Waals surface area contributed by atoms with E-state index in [-0.39, 0.29) is 6.03 Å². The van der Waals surface area contributed by atoms with Crippen molar-refractivity contribution >= 4 is 11.7 Å². The molecule has 5 heteroatoms. The van der Waals surface area contributed by atoms with Crippen molar-refractivity contribution in [1.82, 2.24) is 4.90 Å². The first-order valence-electron chi connectivity index (χ1n) is 7.07. The largest absolute Gasteiger partial charge is 0.492 e. The molecular weight excluding hydrogens is 256 g/mol. The minimum atomic E-state index is -0.418. The molecule has 0 aliphatic carbocycles. The van der Waals surface area contributed by atoms with Gasteiger partial charge in [-0.2, -0.15) is 0 Å². The van der Waals surface area contributed by atoms with Crippen LogP contribution in [-0.2, 0) is 0 Å². The molecule has 0 saturated carbocycles. The lowest BCUT2D eigenvalue weighted by molar-refractivity contribution is 0.0883. The Morgan fingerprint density at radius 1 is 1.55 bits per heavy atom. The van der Waals surface area contributed by atoms with Gasteiger partial charge in [0.05, 0.1) is 18.4 Å². The highest BCUT2D eigenvalue weighted by atomic mass is 16.5. The number of urea groups is 1. The maximum absolute atomic E-state index is 12.2. The average Bonchev–Trinajstić information content (AvgIpc) is 2.42. The highest BCUT2D eigenvalue weighted by molar-refractivity contribution is 5.91. The molecule has 0 bridgehead atoms. The molecule has 110 valence electrons. The van der Waals surface area contributed by atoms with Gasteiger partial charge in [-0.05, 0) is 44.4 Å². The second-order valence-corrected chi connectivity index (χ2v) is 5.10. The van der Waals surface area contributed by atoms with Gasteiger partial charge >= 0.3 is 6.03 Å². The molecule has 1 unspecified atom stereocenters. The minimum absolute atomic E-state index is 0.187. The molecule has 0 spiro atoms. The highest BCUT2D eigenvalue weighted by Crippen LogP contribution is 2.26. The first-order chi connectivity index (χ1) is 9.60. The molecule has 0 aromatic heterocycles. The van der Waals surface area contributed by atoms with Gasteiger partial charge in [-0.1, -0.05) is 6.07 Å². The zero-order valence-corrected chi connectivity index (χ0v) is 12.1. The van der Waals surface area contributed by atoms with Crippen molar-refractivity contribution < 1.29 is 14.6 Å². The van der Waals surface area contributed by atoms with Gasteiger partial charge in [0, 0.05) is 13.1 Å². The predicted molar refractivity (Wildman–Crippen MR) is 78.2 cm³/mol. The van der Waals surface area contributed by atoms with Crippen molar-refractivity contribution in [3.63, 3.8) is 0 Å². The van der Waals surface area contributed by atoms with Crippen LogP contribution in [0.2, 0.25) is 0 Å². The van der Waals surface area contributed by atoms with E-state index in [0.717, 1.165) is 18.4 Å².